The van der Waals surface area contributed by atoms with E-state index in [0.29, 0.717) is 0 Å². The highest BCUT2D eigenvalue weighted by atomic mass is 35.5. The topological polar surface area (TPSA) is 125 Å². The lowest BCUT2D eigenvalue weighted by Crippen LogP contribution is -2.47. The molecular formula is C15H10Cl2F6N2O7. The van der Waals surface area contributed by atoms with Crippen molar-refractivity contribution in [3.8, 4) is 0 Å². The predicted octanol–water partition coefficient (Wildman–Crippen LogP) is 3.14. The third-order valence-corrected chi connectivity index (χ3v) is 3.81. The van der Waals surface area contributed by atoms with Crippen LogP contribution in [-0.2, 0) is 23.9 Å². The fourth-order valence-corrected chi connectivity index (χ4v) is 2.17. The number of carbonyl (C=O) groups excluding carboxylic acids is 3. The second-order valence-electron chi connectivity index (χ2n) is 5.68. The van der Waals surface area contributed by atoms with Crippen molar-refractivity contribution in [3.05, 3.63) is 39.9 Å². The molecule has 2 atom stereocenters. The lowest BCUT2D eigenvalue weighted by atomic mass is 10.0. The van der Waals surface area contributed by atoms with Crippen LogP contribution in [0.1, 0.15) is 11.7 Å². The van der Waals surface area contributed by atoms with E-state index in [4.69, 9.17) is 23.2 Å². The van der Waals surface area contributed by atoms with Crippen LogP contribution < -0.4 is 5.32 Å². The van der Waals surface area contributed by atoms with Crippen LogP contribution >= 0.6 is 23.2 Å². The molecule has 0 aliphatic rings. The first-order valence-corrected chi connectivity index (χ1v) is 8.76. The summed E-state index contributed by atoms with van der Waals surface area (Å²) in [6, 6.07) is 1.08. The third-order valence-electron chi connectivity index (χ3n) is 3.41. The molecule has 1 aromatic rings. The van der Waals surface area contributed by atoms with Gasteiger partial charge in [0.1, 0.15) is 12.6 Å². The highest BCUT2D eigenvalue weighted by Crippen LogP contribution is 2.29. The maximum Gasteiger partial charge on any atom is 0.490 e. The smallest absolute Gasteiger partial charge is 0.457 e. The van der Waals surface area contributed by atoms with Gasteiger partial charge in [0.05, 0.1) is 4.92 Å². The van der Waals surface area contributed by atoms with Gasteiger partial charge in [-0.25, -0.2) is 9.59 Å². The van der Waals surface area contributed by atoms with Crippen LogP contribution in [0.15, 0.2) is 24.3 Å². The number of ether oxygens (including phenoxy) is 2. The molecule has 1 aromatic carbocycles. The Morgan fingerprint density at radius 2 is 1.50 bits per heavy atom. The van der Waals surface area contributed by atoms with Crippen LogP contribution in [0.5, 0.6) is 0 Å². The SMILES string of the molecule is O=C(NC(COC(=O)C(F)(F)F)C(OC(=O)C(F)(F)F)c1ccc([N+](=O)[O-])cc1)C(Cl)Cl. The molecule has 0 aliphatic carbocycles. The van der Waals surface area contributed by atoms with E-state index in [-0.39, 0.29) is 0 Å². The third kappa shape index (κ3) is 8.03. The number of alkyl halides is 8. The minimum atomic E-state index is -5.57. The molecule has 0 saturated carbocycles. The lowest BCUT2D eigenvalue weighted by Gasteiger charge is -2.28. The number of hydrogen-bond acceptors (Lipinski definition) is 7. The second kappa shape index (κ2) is 10.7. The predicted molar refractivity (Wildman–Crippen MR) is 92.4 cm³/mol. The van der Waals surface area contributed by atoms with Crippen LogP contribution in [0.3, 0.4) is 0 Å². The largest absolute Gasteiger partial charge is 0.490 e. The molecule has 0 aromatic heterocycles. The van der Waals surface area contributed by atoms with Gasteiger partial charge in [0.15, 0.2) is 10.9 Å². The molecule has 32 heavy (non-hydrogen) atoms. The summed E-state index contributed by atoms with van der Waals surface area (Å²) in [5.74, 6) is -6.94. The van der Waals surface area contributed by atoms with E-state index in [1.165, 1.54) is 0 Å². The number of carbonyl (C=O) groups is 3. The molecule has 0 fully saturated rings. The van der Waals surface area contributed by atoms with Gasteiger partial charge in [-0.3, -0.25) is 14.9 Å². The van der Waals surface area contributed by atoms with E-state index in [0.717, 1.165) is 24.3 Å². The minimum Gasteiger partial charge on any atom is -0.457 e. The number of halogens is 8. The first kappa shape index (κ1) is 27.2. The van der Waals surface area contributed by atoms with E-state index >= 15 is 0 Å². The summed E-state index contributed by atoms with van der Waals surface area (Å²) in [5.41, 5.74) is -0.984. The number of nitrogens with one attached hydrogen (secondary N) is 1. The van der Waals surface area contributed by atoms with Gasteiger partial charge < -0.3 is 14.8 Å². The maximum atomic E-state index is 12.7. The van der Waals surface area contributed by atoms with Gasteiger partial charge in [-0.05, 0) is 17.7 Å². The summed E-state index contributed by atoms with van der Waals surface area (Å²) in [4.78, 5) is 42.1. The van der Waals surface area contributed by atoms with Crippen molar-refractivity contribution in [2.75, 3.05) is 6.61 Å². The Hall–Kier alpha value is -2.81. The Morgan fingerprint density at radius 3 is 1.91 bits per heavy atom. The molecule has 0 spiro atoms. The van der Waals surface area contributed by atoms with Gasteiger partial charge in [0.2, 0.25) is 0 Å². The molecule has 1 N–H and O–H groups in total. The van der Waals surface area contributed by atoms with Crippen molar-refractivity contribution in [2.45, 2.75) is 29.3 Å². The van der Waals surface area contributed by atoms with E-state index in [2.05, 4.69) is 9.47 Å². The molecule has 0 saturated heterocycles. The van der Waals surface area contributed by atoms with Gasteiger partial charge in [-0.1, -0.05) is 23.2 Å². The molecule has 0 aliphatic heterocycles. The van der Waals surface area contributed by atoms with E-state index < -0.39 is 70.0 Å². The van der Waals surface area contributed by atoms with E-state index in [9.17, 15) is 50.8 Å². The number of nitro groups is 1. The standard InChI is InChI=1S/C15H10Cl2F6N2O7/c16-10(17)11(26)24-8(5-31-12(27)14(18,19)20)9(32-13(28)15(21,22)23)6-1-3-7(4-2-6)25(29)30/h1-4,8-10H,5H2,(H,24,26). The number of amides is 1. The Bertz CT molecular complexity index is 861. The van der Waals surface area contributed by atoms with Gasteiger partial charge in [-0.2, -0.15) is 26.3 Å². The monoisotopic (exact) mass is 514 g/mol. The fraction of sp³-hybridized carbons (Fsp3) is 0.400. The average Bonchev–Trinajstić information content (AvgIpc) is 2.67. The number of rotatable bonds is 8. The Balaban J connectivity index is 3.38. The zero-order valence-corrected chi connectivity index (χ0v) is 16.6. The summed E-state index contributed by atoms with van der Waals surface area (Å²) >= 11 is 10.6. The molecule has 1 rings (SSSR count). The van der Waals surface area contributed by atoms with Crippen molar-refractivity contribution in [2.24, 2.45) is 0 Å². The van der Waals surface area contributed by atoms with E-state index in [1.54, 1.807) is 5.32 Å². The molecule has 2 unspecified atom stereocenters. The van der Waals surface area contributed by atoms with Crippen LogP contribution in [0, 0.1) is 10.1 Å². The molecule has 0 radical (unpaired) electrons. The first-order chi connectivity index (χ1) is 14.5. The maximum absolute atomic E-state index is 12.7. The average molecular weight is 515 g/mol. The number of nitrogens with zero attached hydrogens (tertiary/aromatic N) is 1. The zero-order valence-electron chi connectivity index (χ0n) is 15.1. The van der Waals surface area contributed by atoms with Crippen LogP contribution in [-0.4, -0.2) is 52.6 Å². The lowest BCUT2D eigenvalue weighted by molar-refractivity contribution is -0.384. The van der Waals surface area contributed by atoms with Gasteiger partial charge in [-0.15, -0.1) is 0 Å². The van der Waals surface area contributed by atoms with Crippen molar-refractivity contribution >= 4 is 46.7 Å². The van der Waals surface area contributed by atoms with Gasteiger partial charge >= 0.3 is 24.3 Å². The molecule has 0 bridgehead atoms. The fourth-order valence-electron chi connectivity index (χ4n) is 2.05. The number of esters is 2. The van der Waals surface area contributed by atoms with Crippen LogP contribution in [0.2, 0.25) is 0 Å². The number of nitro benzene ring substituents is 1. The highest BCUT2D eigenvalue weighted by Gasteiger charge is 2.45. The summed E-state index contributed by atoms with van der Waals surface area (Å²) in [7, 11) is 0. The molecule has 9 nitrogen and oxygen atoms in total. The number of non-ortho nitro benzene ring substituents is 1. The van der Waals surface area contributed by atoms with Gasteiger partial charge in [0, 0.05) is 12.1 Å². The summed E-state index contributed by atoms with van der Waals surface area (Å²) in [6.45, 7) is -1.45. The van der Waals surface area contributed by atoms with Crippen LogP contribution in [0.4, 0.5) is 32.0 Å². The molecule has 0 heterocycles. The van der Waals surface area contributed by atoms with Crippen molar-refractivity contribution in [3.63, 3.8) is 0 Å². The second-order valence-corrected chi connectivity index (χ2v) is 6.78. The summed E-state index contributed by atoms with van der Waals surface area (Å²) in [5, 5.41) is 12.5. The van der Waals surface area contributed by atoms with Crippen LogP contribution in [0.25, 0.3) is 0 Å². The normalized spacial score (nSPS) is 13.8. The minimum absolute atomic E-state index is 0.442. The Kier molecular flexibility index (Phi) is 9.08. The Morgan fingerprint density at radius 1 is 1.00 bits per heavy atom. The number of hydrogen-bond donors (Lipinski definition) is 1. The summed E-state index contributed by atoms with van der Waals surface area (Å²) in [6.07, 6.45) is -13.3. The first-order valence-electron chi connectivity index (χ1n) is 7.88. The van der Waals surface area contributed by atoms with Crippen molar-refractivity contribution < 1.29 is 55.1 Å². The van der Waals surface area contributed by atoms with Gasteiger partial charge in [0.25, 0.3) is 11.6 Å². The number of benzene rings is 1. The molecular weight excluding hydrogens is 505 g/mol. The summed E-state index contributed by atoms with van der Waals surface area (Å²) < 4.78 is 83.5. The molecule has 1 amide bonds. The quantitative estimate of drug-likeness (QED) is 0.186. The van der Waals surface area contributed by atoms with Crippen molar-refractivity contribution in [1.82, 2.24) is 5.32 Å². The Labute approximate surface area is 183 Å². The zero-order chi connectivity index (χ0) is 24.9. The molecule has 178 valence electrons. The van der Waals surface area contributed by atoms with Crippen molar-refractivity contribution in [1.29, 1.82) is 0 Å². The van der Waals surface area contributed by atoms with E-state index in [1.807, 2.05) is 0 Å². The highest BCUT2D eigenvalue weighted by molar-refractivity contribution is 6.53. The molecule has 17 heteroatoms.